The Labute approximate surface area is 123 Å². The van der Waals surface area contributed by atoms with Crippen molar-refractivity contribution in [1.29, 1.82) is 0 Å². The van der Waals surface area contributed by atoms with Crippen molar-refractivity contribution in [1.82, 2.24) is 0 Å². The molecule has 3 heteroatoms. The van der Waals surface area contributed by atoms with Gasteiger partial charge in [0.05, 0.1) is 12.2 Å². The van der Waals surface area contributed by atoms with Gasteiger partial charge in [0, 0.05) is 5.41 Å². The van der Waals surface area contributed by atoms with E-state index in [1.54, 1.807) is 12.1 Å². The van der Waals surface area contributed by atoms with Crippen LogP contribution < -0.4 is 0 Å². The molecule has 2 aliphatic rings. The first-order valence-electron chi connectivity index (χ1n) is 7.61. The Morgan fingerprint density at radius 3 is 2.76 bits per heavy atom. The average molecular weight is 284 g/mol. The number of aliphatic hydroxyl groups excluding tert-OH is 2. The molecular weight excluding hydrogens is 264 g/mol. The maximum Gasteiger partial charge on any atom is 0.116 e. The van der Waals surface area contributed by atoms with Gasteiger partial charge < -0.3 is 15.3 Å². The van der Waals surface area contributed by atoms with E-state index in [1.165, 1.54) is 16.5 Å². The Bertz CT molecular complexity index is 724. The quantitative estimate of drug-likeness (QED) is 0.697. The standard InChI is InChI=1S/C18H20O3/c1-18-7-6-13-12-5-3-11(19)8-10(12)2-4-14(13)15(18)9-16(20)17(18)21/h2-5,8,15-17,19-21H,6-7,9H2,1H3/t15-,16+,17+,18+/m1/s1. The van der Waals surface area contributed by atoms with E-state index >= 15 is 0 Å². The summed E-state index contributed by atoms with van der Waals surface area (Å²) in [4.78, 5) is 0. The summed E-state index contributed by atoms with van der Waals surface area (Å²) in [5.41, 5.74) is 2.35. The Kier molecular flexibility index (Phi) is 2.63. The van der Waals surface area contributed by atoms with Crippen molar-refractivity contribution >= 4 is 10.8 Å². The van der Waals surface area contributed by atoms with Crippen molar-refractivity contribution in [2.45, 2.75) is 44.3 Å². The second kappa shape index (κ2) is 4.21. The normalized spacial score (nSPS) is 34.7. The Morgan fingerprint density at radius 1 is 1.14 bits per heavy atom. The molecule has 4 atom stereocenters. The van der Waals surface area contributed by atoms with Gasteiger partial charge in [0.15, 0.2) is 0 Å². The smallest absolute Gasteiger partial charge is 0.116 e. The molecule has 0 unspecified atom stereocenters. The first-order chi connectivity index (χ1) is 10.0. The fraction of sp³-hybridized carbons (Fsp3) is 0.444. The summed E-state index contributed by atoms with van der Waals surface area (Å²) in [6.45, 7) is 2.10. The SMILES string of the molecule is C[C@]12CCc3c(ccc4cc(O)ccc34)[C@H]1C[C@H](O)[C@@H]2O. The van der Waals surface area contributed by atoms with Crippen LogP contribution in [0.4, 0.5) is 0 Å². The molecule has 0 aliphatic heterocycles. The number of aryl methyl sites for hydroxylation is 1. The molecule has 2 aromatic carbocycles. The summed E-state index contributed by atoms with van der Waals surface area (Å²) < 4.78 is 0. The molecule has 3 N–H and O–H groups in total. The third kappa shape index (κ3) is 1.68. The Balaban J connectivity index is 1.91. The summed E-state index contributed by atoms with van der Waals surface area (Å²) in [6, 6.07) is 9.66. The number of fused-ring (bicyclic) bond motifs is 5. The summed E-state index contributed by atoms with van der Waals surface area (Å²) in [6.07, 6.45) is 1.18. The maximum atomic E-state index is 10.3. The molecule has 1 fully saturated rings. The van der Waals surface area contributed by atoms with Crippen LogP contribution in [-0.2, 0) is 6.42 Å². The van der Waals surface area contributed by atoms with E-state index in [0.717, 1.165) is 18.2 Å². The molecule has 0 spiro atoms. The van der Waals surface area contributed by atoms with Gasteiger partial charge in [-0.2, -0.15) is 0 Å². The molecular formula is C18H20O3. The summed E-state index contributed by atoms with van der Waals surface area (Å²) in [7, 11) is 0. The van der Waals surface area contributed by atoms with E-state index in [4.69, 9.17) is 0 Å². The molecule has 3 nitrogen and oxygen atoms in total. The van der Waals surface area contributed by atoms with E-state index in [-0.39, 0.29) is 17.1 Å². The van der Waals surface area contributed by atoms with E-state index in [1.807, 2.05) is 12.1 Å². The van der Waals surface area contributed by atoms with Crippen molar-refractivity contribution < 1.29 is 15.3 Å². The number of rotatable bonds is 0. The molecule has 2 aromatic rings. The Hall–Kier alpha value is -1.58. The van der Waals surface area contributed by atoms with Crippen LogP contribution in [0, 0.1) is 5.41 Å². The molecule has 0 amide bonds. The number of aliphatic hydroxyl groups is 2. The lowest BCUT2D eigenvalue weighted by atomic mass is 9.65. The average Bonchev–Trinajstić information content (AvgIpc) is 2.70. The van der Waals surface area contributed by atoms with Gasteiger partial charge in [0.25, 0.3) is 0 Å². The van der Waals surface area contributed by atoms with Gasteiger partial charge in [0.2, 0.25) is 0 Å². The van der Waals surface area contributed by atoms with Crippen molar-refractivity contribution in [2.24, 2.45) is 5.41 Å². The van der Waals surface area contributed by atoms with Crippen LogP contribution >= 0.6 is 0 Å². The van der Waals surface area contributed by atoms with E-state index in [0.29, 0.717) is 6.42 Å². The lowest BCUT2D eigenvalue weighted by molar-refractivity contribution is -0.0216. The van der Waals surface area contributed by atoms with Crippen LogP contribution in [0.2, 0.25) is 0 Å². The minimum absolute atomic E-state index is 0.212. The Morgan fingerprint density at radius 2 is 1.95 bits per heavy atom. The highest BCUT2D eigenvalue weighted by atomic mass is 16.3. The molecule has 110 valence electrons. The molecule has 0 aromatic heterocycles. The van der Waals surface area contributed by atoms with Gasteiger partial charge in [-0.25, -0.2) is 0 Å². The van der Waals surface area contributed by atoms with Crippen LogP contribution in [0.15, 0.2) is 30.3 Å². The zero-order valence-electron chi connectivity index (χ0n) is 12.1. The molecule has 0 heterocycles. The topological polar surface area (TPSA) is 60.7 Å². The molecule has 0 saturated heterocycles. The number of hydrogen-bond acceptors (Lipinski definition) is 3. The summed E-state index contributed by atoms with van der Waals surface area (Å²) in [5.74, 6) is 0.499. The van der Waals surface area contributed by atoms with E-state index in [2.05, 4.69) is 13.0 Å². The number of phenols is 1. The highest BCUT2D eigenvalue weighted by Gasteiger charge is 2.53. The zero-order valence-corrected chi connectivity index (χ0v) is 12.1. The predicted molar refractivity (Wildman–Crippen MR) is 81.4 cm³/mol. The summed E-state index contributed by atoms with van der Waals surface area (Å²) >= 11 is 0. The molecule has 1 saturated carbocycles. The second-order valence-electron chi connectivity index (χ2n) is 6.85. The van der Waals surface area contributed by atoms with Crippen molar-refractivity contribution in [3.05, 3.63) is 41.5 Å². The van der Waals surface area contributed by atoms with E-state index < -0.39 is 12.2 Å². The molecule has 4 rings (SSSR count). The largest absolute Gasteiger partial charge is 0.508 e. The lowest BCUT2D eigenvalue weighted by Gasteiger charge is -2.40. The van der Waals surface area contributed by atoms with Gasteiger partial charge >= 0.3 is 0 Å². The molecule has 0 bridgehead atoms. The molecule has 0 radical (unpaired) electrons. The number of benzene rings is 2. The molecule has 21 heavy (non-hydrogen) atoms. The van der Waals surface area contributed by atoms with Crippen LogP contribution in [0.5, 0.6) is 5.75 Å². The van der Waals surface area contributed by atoms with Crippen LogP contribution in [-0.4, -0.2) is 27.5 Å². The number of hydrogen-bond donors (Lipinski definition) is 3. The highest BCUT2D eigenvalue weighted by Crippen LogP contribution is 2.56. The predicted octanol–water partition coefficient (Wildman–Crippen LogP) is 2.71. The maximum absolute atomic E-state index is 10.3. The third-order valence-corrected chi connectivity index (χ3v) is 5.75. The first-order valence-corrected chi connectivity index (χ1v) is 7.61. The zero-order chi connectivity index (χ0) is 14.8. The monoisotopic (exact) mass is 284 g/mol. The van der Waals surface area contributed by atoms with E-state index in [9.17, 15) is 15.3 Å². The van der Waals surface area contributed by atoms with Gasteiger partial charge in [-0.1, -0.05) is 25.1 Å². The van der Waals surface area contributed by atoms with Gasteiger partial charge in [-0.05, 0) is 59.2 Å². The third-order valence-electron chi connectivity index (χ3n) is 5.75. The summed E-state index contributed by atoms with van der Waals surface area (Å²) in [5, 5.41) is 32.3. The van der Waals surface area contributed by atoms with Crippen molar-refractivity contribution in [3.63, 3.8) is 0 Å². The fourth-order valence-corrected chi connectivity index (χ4v) is 4.49. The van der Waals surface area contributed by atoms with Gasteiger partial charge in [-0.3, -0.25) is 0 Å². The van der Waals surface area contributed by atoms with Crippen LogP contribution in [0.1, 0.15) is 36.8 Å². The number of aromatic hydroxyl groups is 1. The van der Waals surface area contributed by atoms with Crippen LogP contribution in [0.25, 0.3) is 10.8 Å². The van der Waals surface area contributed by atoms with Gasteiger partial charge in [-0.15, -0.1) is 0 Å². The van der Waals surface area contributed by atoms with Crippen molar-refractivity contribution in [3.8, 4) is 5.75 Å². The minimum atomic E-state index is -0.633. The van der Waals surface area contributed by atoms with Crippen molar-refractivity contribution in [2.75, 3.05) is 0 Å². The van der Waals surface area contributed by atoms with Gasteiger partial charge in [0.1, 0.15) is 5.75 Å². The second-order valence-corrected chi connectivity index (χ2v) is 6.85. The van der Waals surface area contributed by atoms with Crippen LogP contribution in [0.3, 0.4) is 0 Å². The lowest BCUT2D eigenvalue weighted by Crippen LogP contribution is -2.38. The fourth-order valence-electron chi connectivity index (χ4n) is 4.49. The first kappa shape index (κ1) is 13.1. The minimum Gasteiger partial charge on any atom is -0.508 e. The molecule has 2 aliphatic carbocycles. The number of phenolic OH excluding ortho intramolecular Hbond substituents is 1. The highest BCUT2D eigenvalue weighted by molar-refractivity contribution is 5.88.